The molecular weight excluding hydrogens is 302 g/mol. The summed E-state index contributed by atoms with van der Waals surface area (Å²) in [5.74, 6) is 0.850. The Morgan fingerprint density at radius 2 is 2.05 bits per heavy atom. The number of nitrogens with zero attached hydrogens (tertiary/aromatic N) is 3. The zero-order chi connectivity index (χ0) is 16.2. The second-order valence-corrected chi connectivity index (χ2v) is 8.21. The smallest absolute Gasteiger partial charge is 0.227 e. The van der Waals surface area contributed by atoms with Crippen molar-refractivity contribution >= 4 is 9.84 Å². The fourth-order valence-corrected chi connectivity index (χ4v) is 3.78. The Hall–Kier alpha value is -0.920. The number of piperidine rings is 1. The highest BCUT2D eigenvalue weighted by molar-refractivity contribution is 7.91. The van der Waals surface area contributed by atoms with Crippen LogP contribution in [0.3, 0.4) is 0 Å². The van der Waals surface area contributed by atoms with E-state index in [0.29, 0.717) is 13.2 Å². The number of aromatic nitrogens is 2. The van der Waals surface area contributed by atoms with Gasteiger partial charge in [-0.2, -0.15) is 0 Å². The number of rotatable bonds is 7. The summed E-state index contributed by atoms with van der Waals surface area (Å²) in [5.41, 5.74) is 0.957. The molecule has 1 saturated heterocycles. The Morgan fingerprint density at radius 1 is 1.36 bits per heavy atom. The minimum Gasteiger partial charge on any atom is -0.383 e. The second-order valence-electron chi connectivity index (χ2n) is 6.04. The molecule has 2 heterocycles. The molecule has 0 amide bonds. The molecule has 0 atom stereocenters. The van der Waals surface area contributed by atoms with E-state index < -0.39 is 9.84 Å². The summed E-state index contributed by atoms with van der Waals surface area (Å²) in [6.07, 6.45) is 4.11. The molecule has 0 N–H and O–H groups in total. The first kappa shape index (κ1) is 17.4. The van der Waals surface area contributed by atoms with E-state index in [4.69, 9.17) is 4.74 Å². The van der Waals surface area contributed by atoms with E-state index in [1.54, 1.807) is 24.8 Å². The molecule has 7 heteroatoms. The van der Waals surface area contributed by atoms with Gasteiger partial charge >= 0.3 is 0 Å². The van der Waals surface area contributed by atoms with Crippen LogP contribution in [-0.2, 0) is 27.7 Å². The van der Waals surface area contributed by atoms with Crippen molar-refractivity contribution in [2.24, 2.45) is 5.92 Å². The molecule has 1 aliphatic rings. The Morgan fingerprint density at radius 3 is 2.64 bits per heavy atom. The Kier molecular flexibility index (Phi) is 6.00. The number of methoxy groups -OCH3 is 1. The van der Waals surface area contributed by atoms with Gasteiger partial charge in [0.25, 0.3) is 0 Å². The van der Waals surface area contributed by atoms with Crippen molar-refractivity contribution in [2.45, 2.75) is 44.9 Å². The first-order chi connectivity index (χ1) is 10.5. The van der Waals surface area contributed by atoms with Crippen LogP contribution < -0.4 is 0 Å². The number of hydrogen-bond acceptors (Lipinski definition) is 5. The summed E-state index contributed by atoms with van der Waals surface area (Å²) in [7, 11) is -1.69. The van der Waals surface area contributed by atoms with Gasteiger partial charge in [0.2, 0.25) is 15.0 Å². The van der Waals surface area contributed by atoms with Gasteiger partial charge in [-0.1, -0.05) is 13.8 Å². The standard InChI is InChI=1S/C15H27N3O3S/c1-4-22(19,20)15-16-11-14(18(15)9-10-21-3)12-17-7-5-13(2)6-8-17/h11,13H,4-10,12H2,1-3H3. The maximum absolute atomic E-state index is 12.2. The monoisotopic (exact) mass is 329 g/mol. The molecule has 0 spiro atoms. The van der Waals surface area contributed by atoms with Crippen LogP contribution in [0.5, 0.6) is 0 Å². The van der Waals surface area contributed by atoms with Crippen LogP contribution in [-0.4, -0.2) is 55.4 Å². The topological polar surface area (TPSA) is 64.4 Å². The van der Waals surface area contributed by atoms with Crippen LogP contribution in [0.4, 0.5) is 0 Å². The Balaban J connectivity index is 2.19. The summed E-state index contributed by atoms with van der Waals surface area (Å²) in [6.45, 7) is 7.81. The van der Waals surface area contributed by atoms with Gasteiger partial charge in [-0.3, -0.25) is 4.90 Å². The van der Waals surface area contributed by atoms with Gasteiger partial charge in [0.05, 0.1) is 24.3 Å². The summed E-state index contributed by atoms with van der Waals surface area (Å²) in [6, 6.07) is 0. The minimum atomic E-state index is -3.31. The fraction of sp³-hybridized carbons (Fsp3) is 0.800. The number of hydrogen-bond donors (Lipinski definition) is 0. The summed E-state index contributed by atoms with van der Waals surface area (Å²) in [4.78, 5) is 6.56. The van der Waals surface area contributed by atoms with E-state index in [1.165, 1.54) is 12.8 Å². The number of ether oxygens (including phenoxy) is 1. The number of likely N-dealkylation sites (tertiary alicyclic amines) is 1. The molecule has 1 fully saturated rings. The second kappa shape index (κ2) is 7.57. The van der Waals surface area contributed by atoms with E-state index in [2.05, 4.69) is 16.8 Å². The normalized spacial score (nSPS) is 18.0. The first-order valence-electron chi connectivity index (χ1n) is 7.96. The maximum Gasteiger partial charge on any atom is 0.227 e. The zero-order valence-electron chi connectivity index (χ0n) is 13.8. The van der Waals surface area contributed by atoms with Crippen molar-refractivity contribution in [1.29, 1.82) is 0 Å². The first-order valence-corrected chi connectivity index (χ1v) is 9.61. The molecule has 1 aromatic rings. The molecule has 0 saturated carbocycles. The Bertz CT molecular complexity index is 575. The van der Waals surface area contributed by atoms with Crippen molar-refractivity contribution in [3.63, 3.8) is 0 Å². The lowest BCUT2D eigenvalue weighted by Gasteiger charge is -2.30. The van der Waals surface area contributed by atoms with Gasteiger partial charge in [-0.05, 0) is 31.8 Å². The third-order valence-corrected chi connectivity index (χ3v) is 5.98. The van der Waals surface area contributed by atoms with Crippen LogP contribution in [0, 0.1) is 5.92 Å². The third kappa shape index (κ3) is 4.08. The van der Waals surface area contributed by atoms with Crippen molar-refractivity contribution in [1.82, 2.24) is 14.5 Å². The average molecular weight is 329 g/mol. The predicted octanol–water partition coefficient (Wildman–Crippen LogP) is 1.56. The van der Waals surface area contributed by atoms with Crippen LogP contribution in [0.15, 0.2) is 11.4 Å². The lowest BCUT2D eigenvalue weighted by Crippen LogP contribution is -2.33. The highest BCUT2D eigenvalue weighted by atomic mass is 32.2. The number of imidazole rings is 1. The molecule has 0 bridgehead atoms. The molecule has 0 radical (unpaired) electrons. The van der Waals surface area contributed by atoms with Crippen LogP contribution in [0.1, 0.15) is 32.4 Å². The molecule has 0 aromatic carbocycles. The van der Waals surface area contributed by atoms with E-state index in [9.17, 15) is 8.42 Å². The predicted molar refractivity (Wildman–Crippen MR) is 85.5 cm³/mol. The van der Waals surface area contributed by atoms with E-state index >= 15 is 0 Å². The fourth-order valence-electron chi connectivity index (χ4n) is 2.77. The van der Waals surface area contributed by atoms with Gasteiger partial charge in [-0.25, -0.2) is 13.4 Å². The third-order valence-electron chi connectivity index (χ3n) is 4.34. The largest absolute Gasteiger partial charge is 0.383 e. The summed E-state index contributed by atoms with van der Waals surface area (Å²) in [5, 5.41) is 0.174. The highest BCUT2D eigenvalue weighted by Gasteiger charge is 2.23. The van der Waals surface area contributed by atoms with Crippen LogP contribution in [0.25, 0.3) is 0 Å². The molecule has 1 aliphatic heterocycles. The minimum absolute atomic E-state index is 0.0671. The molecular formula is C15H27N3O3S. The van der Waals surface area contributed by atoms with Crippen molar-refractivity contribution in [2.75, 3.05) is 32.6 Å². The lowest BCUT2D eigenvalue weighted by atomic mass is 9.99. The average Bonchev–Trinajstić information content (AvgIpc) is 2.91. The van der Waals surface area contributed by atoms with Crippen molar-refractivity contribution in [3.05, 3.63) is 11.9 Å². The maximum atomic E-state index is 12.2. The SMILES string of the molecule is CCS(=O)(=O)c1ncc(CN2CCC(C)CC2)n1CCOC. The van der Waals surface area contributed by atoms with Gasteiger partial charge in [-0.15, -0.1) is 0 Å². The number of sulfone groups is 1. The molecule has 2 rings (SSSR count). The van der Waals surface area contributed by atoms with Gasteiger partial charge in [0.1, 0.15) is 0 Å². The van der Waals surface area contributed by atoms with E-state index in [-0.39, 0.29) is 10.9 Å². The van der Waals surface area contributed by atoms with Gasteiger partial charge < -0.3 is 9.30 Å². The quantitative estimate of drug-likeness (QED) is 0.759. The highest BCUT2D eigenvalue weighted by Crippen LogP contribution is 2.20. The molecule has 0 unspecified atom stereocenters. The van der Waals surface area contributed by atoms with E-state index in [1.807, 2.05) is 0 Å². The van der Waals surface area contributed by atoms with Crippen LogP contribution >= 0.6 is 0 Å². The Labute approximate surface area is 133 Å². The summed E-state index contributed by atoms with van der Waals surface area (Å²) < 4.78 is 31.3. The van der Waals surface area contributed by atoms with Gasteiger partial charge in [0, 0.05) is 20.2 Å². The summed E-state index contributed by atoms with van der Waals surface area (Å²) >= 11 is 0. The molecule has 0 aliphatic carbocycles. The zero-order valence-corrected chi connectivity index (χ0v) is 14.6. The molecule has 22 heavy (non-hydrogen) atoms. The van der Waals surface area contributed by atoms with E-state index in [0.717, 1.165) is 31.2 Å². The van der Waals surface area contributed by atoms with Crippen LogP contribution in [0.2, 0.25) is 0 Å². The molecule has 126 valence electrons. The lowest BCUT2D eigenvalue weighted by molar-refractivity contribution is 0.169. The van der Waals surface area contributed by atoms with Gasteiger partial charge in [0.15, 0.2) is 0 Å². The molecule has 6 nitrogen and oxygen atoms in total. The van der Waals surface area contributed by atoms with Crippen molar-refractivity contribution < 1.29 is 13.2 Å². The van der Waals surface area contributed by atoms with Crippen molar-refractivity contribution in [3.8, 4) is 0 Å². The molecule has 1 aromatic heterocycles.